The van der Waals surface area contributed by atoms with Crippen LogP contribution >= 0.6 is 24.0 Å². The Morgan fingerprint density at radius 1 is 1.13 bits per heavy atom. The zero-order chi connectivity index (χ0) is 16.8. The lowest BCUT2D eigenvalue weighted by Gasteiger charge is -2.21. The molecule has 2 N–H and O–H groups in total. The molecule has 0 aliphatic rings. The fraction of sp³-hybridized carbons (Fsp3) is 0.875. The molecule has 0 aliphatic heterocycles. The van der Waals surface area contributed by atoms with E-state index in [4.69, 9.17) is 9.47 Å². The zero-order valence-corrected chi connectivity index (χ0v) is 17.5. The lowest BCUT2D eigenvalue weighted by atomic mass is 10.0. The summed E-state index contributed by atoms with van der Waals surface area (Å²) in [5.41, 5.74) is 0. The molecule has 1 unspecified atom stereocenters. The number of rotatable bonds is 11. The molecule has 1 atom stereocenters. The standard InChI is InChI=1S/C16H33N3O3.HI/c1-6-21-14(13(3)4)10-12-19-16(17-5)18-11-8-9-15(20)22-7-2;/h13-14H,6-12H2,1-5H3,(H2,17,18,19);1H. The van der Waals surface area contributed by atoms with Crippen molar-refractivity contribution in [3.05, 3.63) is 0 Å². The molecule has 0 fully saturated rings. The van der Waals surface area contributed by atoms with E-state index in [0.29, 0.717) is 25.5 Å². The summed E-state index contributed by atoms with van der Waals surface area (Å²) in [5.74, 6) is 1.10. The zero-order valence-electron chi connectivity index (χ0n) is 15.2. The normalized spacial score (nSPS) is 12.5. The van der Waals surface area contributed by atoms with Gasteiger partial charge in [-0.05, 0) is 32.6 Å². The van der Waals surface area contributed by atoms with Crippen LogP contribution in [0.3, 0.4) is 0 Å². The van der Waals surface area contributed by atoms with E-state index in [2.05, 4.69) is 29.5 Å². The van der Waals surface area contributed by atoms with Crippen molar-refractivity contribution in [3.8, 4) is 0 Å². The fourth-order valence-corrected chi connectivity index (χ4v) is 2.05. The summed E-state index contributed by atoms with van der Waals surface area (Å²) in [5, 5.41) is 6.46. The van der Waals surface area contributed by atoms with E-state index in [9.17, 15) is 4.79 Å². The van der Waals surface area contributed by atoms with E-state index in [-0.39, 0.29) is 36.0 Å². The number of guanidine groups is 1. The maximum Gasteiger partial charge on any atom is 0.305 e. The van der Waals surface area contributed by atoms with Crippen LogP contribution < -0.4 is 10.6 Å². The molecule has 0 aromatic carbocycles. The van der Waals surface area contributed by atoms with Crippen molar-refractivity contribution in [2.24, 2.45) is 10.9 Å². The first-order valence-electron chi connectivity index (χ1n) is 8.26. The Morgan fingerprint density at radius 3 is 2.30 bits per heavy atom. The summed E-state index contributed by atoms with van der Waals surface area (Å²) < 4.78 is 10.6. The highest BCUT2D eigenvalue weighted by Gasteiger charge is 2.12. The number of carbonyl (C=O) groups is 1. The summed E-state index contributed by atoms with van der Waals surface area (Å²) in [4.78, 5) is 15.4. The van der Waals surface area contributed by atoms with Crippen LogP contribution in [0.2, 0.25) is 0 Å². The number of aliphatic imine (C=N–C) groups is 1. The molecular weight excluding hydrogens is 409 g/mol. The van der Waals surface area contributed by atoms with Gasteiger partial charge in [0.15, 0.2) is 5.96 Å². The predicted molar refractivity (Wildman–Crippen MR) is 106 cm³/mol. The van der Waals surface area contributed by atoms with E-state index in [0.717, 1.165) is 32.0 Å². The molecule has 0 bridgehead atoms. The van der Waals surface area contributed by atoms with E-state index < -0.39 is 0 Å². The Balaban J connectivity index is 0. The van der Waals surface area contributed by atoms with E-state index in [1.54, 1.807) is 7.05 Å². The van der Waals surface area contributed by atoms with Gasteiger partial charge in [-0.2, -0.15) is 0 Å². The van der Waals surface area contributed by atoms with Gasteiger partial charge in [0.05, 0.1) is 12.7 Å². The predicted octanol–water partition coefficient (Wildman–Crippen LogP) is 2.56. The monoisotopic (exact) mass is 443 g/mol. The molecule has 138 valence electrons. The number of esters is 1. The first-order chi connectivity index (χ1) is 10.5. The van der Waals surface area contributed by atoms with Crippen LogP contribution in [0.1, 0.15) is 47.0 Å². The van der Waals surface area contributed by atoms with Crippen molar-refractivity contribution in [1.82, 2.24) is 10.6 Å². The maximum atomic E-state index is 11.2. The molecule has 7 heteroatoms. The number of hydrogen-bond acceptors (Lipinski definition) is 4. The minimum absolute atomic E-state index is 0. The van der Waals surface area contributed by atoms with Crippen molar-refractivity contribution in [3.63, 3.8) is 0 Å². The number of carbonyl (C=O) groups excluding carboxylic acids is 1. The summed E-state index contributed by atoms with van der Waals surface area (Å²) >= 11 is 0. The molecule has 0 amide bonds. The summed E-state index contributed by atoms with van der Waals surface area (Å²) in [7, 11) is 1.74. The van der Waals surface area contributed by atoms with Gasteiger partial charge < -0.3 is 20.1 Å². The van der Waals surface area contributed by atoms with Crippen LogP contribution in [0, 0.1) is 5.92 Å². The van der Waals surface area contributed by atoms with Crippen LogP contribution in [-0.2, 0) is 14.3 Å². The van der Waals surface area contributed by atoms with Gasteiger partial charge >= 0.3 is 5.97 Å². The van der Waals surface area contributed by atoms with E-state index in [1.807, 2.05) is 13.8 Å². The van der Waals surface area contributed by atoms with E-state index >= 15 is 0 Å². The van der Waals surface area contributed by atoms with Crippen molar-refractivity contribution in [2.75, 3.05) is 33.4 Å². The highest BCUT2D eigenvalue weighted by Crippen LogP contribution is 2.09. The minimum atomic E-state index is -0.149. The molecule has 0 saturated heterocycles. The van der Waals surface area contributed by atoms with Gasteiger partial charge in [0.2, 0.25) is 0 Å². The molecule has 23 heavy (non-hydrogen) atoms. The number of nitrogens with one attached hydrogen (secondary N) is 2. The second kappa shape index (κ2) is 16.3. The summed E-state index contributed by atoms with van der Waals surface area (Å²) in [6, 6.07) is 0. The van der Waals surface area contributed by atoms with Gasteiger partial charge in [0.25, 0.3) is 0 Å². The number of hydrogen-bond donors (Lipinski definition) is 2. The number of nitrogens with zero attached hydrogens (tertiary/aromatic N) is 1. The van der Waals surface area contributed by atoms with Gasteiger partial charge in [-0.1, -0.05) is 13.8 Å². The maximum absolute atomic E-state index is 11.2. The second-order valence-corrected chi connectivity index (χ2v) is 5.36. The number of halogens is 1. The molecular formula is C16H34IN3O3. The Kier molecular flexibility index (Phi) is 17.5. The Morgan fingerprint density at radius 2 is 1.78 bits per heavy atom. The Hall–Kier alpha value is -0.570. The lowest BCUT2D eigenvalue weighted by Crippen LogP contribution is -2.39. The molecule has 6 nitrogen and oxygen atoms in total. The van der Waals surface area contributed by atoms with Crippen molar-refractivity contribution >= 4 is 35.9 Å². The fourth-order valence-electron chi connectivity index (χ4n) is 2.05. The highest BCUT2D eigenvalue weighted by atomic mass is 127. The number of ether oxygens (including phenoxy) is 2. The largest absolute Gasteiger partial charge is 0.466 e. The van der Waals surface area contributed by atoms with Crippen LogP contribution in [0.15, 0.2) is 4.99 Å². The van der Waals surface area contributed by atoms with Crippen molar-refractivity contribution in [1.29, 1.82) is 0 Å². The van der Waals surface area contributed by atoms with Gasteiger partial charge in [-0.25, -0.2) is 0 Å². The van der Waals surface area contributed by atoms with Gasteiger partial charge in [0, 0.05) is 33.2 Å². The highest BCUT2D eigenvalue weighted by molar-refractivity contribution is 14.0. The molecule has 0 saturated carbocycles. The first kappa shape index (κ1) is 24.7. The van der Waals surface area contributed by atoms with E-state index in [1.165, 1.54) is 0 Å². The molecule has 0 aromatic heterocycles. The van der Waals surface area contributed by atoms with Crippen LogP contribution in [0.5, 0.6) is 0 Å². The average molecular weight is 443 g/mol. The second-order valence-electron chi connectivity index (χ2n) is 5.36. The van der Waals surface area contributed by atoms with Gasteiger partial charge in [0.1, 0.15) is 0 Å². The SMILES string of the molecule is CCOC(=O)CCCNC(=NC)NCCC(OCC)C(C)C.I. The third-order valence-corrected chi connectivity index (χ3v) is 3.22. The smallest absolute Gasteiger partial charge is 0.305 e. The van der Waals surface area contributed by atoms with Crippen molar-refractivity contribution in [2.45, 2.75) is 53.1 Å². The first-order valence-corrected chi connectivity index (χ1v) is 8.26. The van der Waals surface area contributed by atoms with Crippen molar-refractivity contribution < 1.29 is 14.3 Å². The molecule has 0 spiro atoms. The third kappa shape index (κ3) is 13.6. The quantitative estimate of drug-likeness (QED) is 0.169. The molecule has 0 rings (SSSR count). The minimum Gasteiger partial charge on any atom is -0.466 e. The Labute approximate surface area is 158 Å². The molecule has 0 heterocycles. The van der Waals surface area contributed by atoms with Gasteiger partial charge in [-0.15, -0.1) is 24.0 Å². The third-order valence-electron chi connectivity index (χ3n) is 3.22. The van der Waals surface area contributed by atoms with Crippen LogP contribution in [0.25, 0.3) is 0 Å². The van der Waals surface area contributed by atoms with Crippen LogP contribution in [0.4, 0.5) is 0 Å². The average Bonchev–Trinajstić information content (AvgIpc) is 2.48. The summed E-state index contributed by atoms with van der Waals surface area (Å²) in [6.45, 7) is 10.8. The van der Waals surface area contributed by atoms with Gasteiger partial charge in [-0.3, -0.25) is 9.79 Å². The summed E-state index contributed by atoms with van der Waals surface area (Å²) in [6.07, 6.45) is 2.36. The molecule has 0 aliphatic carbocycles. The Bertz CT molecular complexity index is 326. The lowest BCUT2D eigenvalue weighted by molar-refractivity contribution is -0.143. The molecule has 0 aromatic rings. The van der Waals surface area contributed by atoms with Crippen LogP contribution in [-0.4, -0.2) is 51.4 Å². The molecule has 0 radical (unpaired) electrons. The topological polar surface area (TPSA) is 72.0 Å².